The summed E-state index contributed by atoms with van der Waals surface area (Å²) in [4.78, 5) is 20.5. The number of fused-ring (bicyclic) bond motifs is 1. The Morgan fingerprint density at radius 3 is 2.43 bits per heavy atom. The molecule has 236 valence electrons. The molecule has 0 aliphatic carbocycles. The highest BCUT2D eigenvalue weighted by atomic mass is 35.5. The van der Waals surface area contributed by atoms with E-state index in [1.54, 1.807) is 40.1 Å². The lowest BCUT2D eigenvalue weighted by atomic mass is 9.91. The number of H-pyrrole nitrogens is 1. The number of aryl methyl sites for hydroxylation is 1. The fourth-order valence-corrected chi connectivity index (χ4v) is 5.59. The Balaban J connectivity index is 1.53. The largest absolute Gasteiger partial charge is 0.493 e. The predicted molar refractivity (Wildman–Crippen MR) is 172 cm³/mol. The maximum absolute atomic E-state index is 13.5. The first-order valence-corrected chi connectivity index (χ1v) is 15.3. The van der Waals surface area contributed by atoms with E-state index in [1.807, 2.05) is 37.3 Å². The second-order valence-electron chi connectivity index (χ2n) is 10.6. The number of amides is 1. The van der Waals surface area contributed by atoms with Crippen LogP contribution >= 0.6 is 23.2 Å². The molecule has 1 aliphatic heterocycles. The average Bonchev–Trinajstić information content (AvgIpc) is 3.32. The van der Waals surface area contributed by atoms with Crippen LogP contribution in [-0.4, -0.2) is 88.3 Å². The van der Waals surface area contributed by atoms with Crippen LogP contribution < -0.4 is 9.47 Å². The van der Waals surface area contributed by atoms with Gasteiger partial charge in [0.25, 0.3) is 0 Å². The monoisotopic (exact) mass is 643 g/mol. The summed E-state index contributed by atoms with van der Waals surface area (Å²) in [7, 11) is 0. The van der Waals surface area contributed by atoms with Crippen molar-refractivity contribution in [3.63, 3.8) is 0 Å². The second kappa shape index (κ2) is 16.1. The molecule has 9 nitrogen and oxygen atoms in total. The number of nitrogens with one attached hydrogen (secondary N) is 1. The van der Waals surface area contributed by atoms with Crippen LogP contribution in [0.4, 0.5) is 4.79 Å². The number of aromatic amines is 1. The highest BCUT2D eigenvalue weighted by Crippen LogP contribution is 2.39. The van der Waals surface area contributed by atoms with Gasteiger partial charge < -0.3 is 29.8 Å². The lowest BCUT2D eigenvalue weighted by Crippen LogP contribution is -2.42. The molecule has 0 radical (unpaired) electrons. The molecule has 1 aliphatic rings. The number of carbonyl (C=O) groups is 1. The molecule has 1 amide bonds. The lowest BCUT2D eigenvalue weighted by molar-refractivity contribution is 0.0731. The third-order valence-electron chi connectivity index (χ3n) is 7.51. The number of halogens is 2. The maximum Gasteiger partial charge on any atom is 0.416 e. The van der Waals surface area contributed by atoms with Crippen molar-refractivity contribution in [1.82, 2.24) is 14.8 Å². The Bertz CT molecular complexity index is 1420. The summed E-state index contributed by atoms with van der Waals surface area (Å²) >= 11 is 12.3. The number of hydrogen-bond donors (Lipinski definition) is 4. The number of rotatable bonds is 14. The number of aliphatic hydroxyl groups excluding tert-OH is 3. The Labute approximate surface area is 267 Å². The maximum atomic E-state index is 13.5. The number of carbonyl (C=O) groups excluding carboxylic acids is 1. The zero-order valence-corrected chi connectivity index (χ0v) is 26.2. The van der Waals surface area contributed by atoms with Gasteiger partial charge in [0.05, 0.1) is 25.9 Å². The summed E-state index contributed by atoms with van der Waals surface area (Å²) in [5.74, 6) is 1.02. The minimum Gasteiger partial charge on any atom is -0.493 e. The molecule has 44 heavy (non-hydrogen) atoms. The van der Waals surface area contributed by atoms with Crippen molar-refractivity contribution in [3.05, 3.63) is 99.3 Å². The van der Waals surface area contributed by atoms with E-state index >= 15 is 0 Å². The molecule has 2 aromatic carbocycles. The van der Waals surface area contributed by atoms with Crippen LogP contribution in [0.1, 0.15) is 40.5 Å². The smallest absolute Gasteiger partial charge is 0.416 e. The van der Waals surface area contributed by atoms with Gasteiger partial charge in [-0.3, -0.25) is 9.80 Å². The van der Waals surface area contributed by atoms with E-state index in [4.69, 9.17) is 32.7 Å². The predicted octanol–water partition coefficient (Wildman–Crippen LogP) is 5.31. The van der Waals surface area contributed by atoms with E-state index in [1.165, 1.54) is 0 Å². The van der Waals surface area contributed by atoms with Crippen LogP contribution in [0, 0.1) is 6.92 Å². The van der Waals surface area contributed by atoms with E-state index < -0.39 is 18.2 Å². The van der Waals surface area contributed by atoms with Crippen molar-refractivity contribution in [2.45, 2.75) is 31.9 Å². The summed E-state index contributed by atoms with van der Waals surface area (Å²) in [6, 6.07) is 13.7. The Hall–Kier alpha value is -3.31. The van der Waals surface area contributed by atoms with Gasteiger partial charge in [-0.25, -0.2) is 4.79 Å². The third kappa shape index (κ3) is 8.65. The third-order valence-corrected chi connectivity index (χ3v) is 8.03. The first-order chi connectivity index (χ1) is 21.2. The van der Waals surface area contributed by atoms with Gasteiger partial charge in [-0.2, -0.15) is 0 Å². The number of allylic oxidation sites excluding steroid dienone is 2. The molecule has 4 N–H and O–H groups in total. The SMILES string of the molecule is C=C/C(Cl)=C\c1c(C)[nH]c2c1CCN(C(=O)Oc1ccc(Cl)cc1)[C@H]2c1ccc(OCCC(O)CN(CCO)CCO)cc1. The molecule has 0 saturated heterocycles. The number of nitrogens with zero attached hydrogens (tertiary/aromatic N) is 2. The van der Waals surface area contributed by atoms with E-state index in [-0.39, 0.29) is 19.8 Å². The van der Waals surface area contributed by atoms with Gasteiger partial charge in [-0.05, 0) is 72.5 Å². The van der Waals surface area contributed by atoms with Crippen LogP contribution in [0.5, 0.6) is 11.5 Å². The summed E-state index contributed by atoms with van der Waals surface area (Å²) in [6.45, 7) is 7.45. The Morgan fingerprint density at radius 2 is 1.80 bits per heavy atom. The molecule has 0 saturated carbocycles. The standard InChI is InChI=1S/C33H39Cl2N3O6/c1-3-24(34)20-30-22(2)36-31-29(30)12-14-38(33(42)44-28-10-6-25(35)7-11-28)32(31)23-4-8-27(9-5-23)43-19-13-26(41)21-37(15-17-39)16-18-40/h3-11,20,26,32,36,39-41H,1,12-19,21H2,2H3/b24-20+/t26?,32-/m0/s1. The number of benzene rings is 2. The van der Waals surface area contributed by atoms with Gasteiger partial charge >= 0.3 is 6.09 Å². The zero-order valence-electron chi connectivity index (χ0n) is 24.7. The van der Waals surface area contributed by atoms with Crippen LogP contribution in [0.15, 0.2) is 66.2 Å². The lowest BCUT2D eigenvalue weighted by Gasteiger charge is -2.35. The van der Waals surface area contributed by atoms with Gasteiger partial charge in [-0.15, -0.1) is 0 Å². The zero-order chi connectivity index (χ0) is 31.6. The molecular formula is C33H39Cl2N3O6. The van der Waals surface area contributed by atoms with Crippen LogP contribution in [-0.2, 0) is 6.42 Å². The topological polar surface area (TPSA) is 118 Å². The highest BCUT2D eigenvalue weighted by Gasteiger charge is 2.36. The normalized spacial score (nSPS) is 15.7. The summed E-state index contributed by atoms with van der Waals surface area (Å²) < 4.78 is 11.6. The van der Waals surface area contributed by atoms with Crippen molar-refractivity contribution in [2.75, 3.05) is 46.0 Å². The van der Waals surface area contributed by atoms with Crippen molar-refractivity contribution < 1.29 is 29.6 Å². The highest BCUT2D eigenvalue weighted by molar-refractivity contribution is 6.33. The number of aromatic nitrogens is 1. The molecule has 0 fully saturated rings. The van der Waals surface area contributed by atoms with Crippen molar-refractivity contribution >= 4 is 35.4 Å². The summed E-state index contributed by atoms with van der Waals surface area (Å²) in [6.07, 6.45) is 3.32. The molecule has 2 heterocycles. The van der Waals surface area contributed by atoms with E-state index in [0.717, 1.165) is 28.1 Å². The summed E-state index contributed by atoms with van der Waals surface area (Å²) in [5, 5.41) is 29.8. The quantitative estimate of drug-likeness (QED) is 0.176. The van der Waals surface area contributed by atoms with Crippen molar-refractivity contribution in [1.29, 1.82) is 0 Å². The van der Waals surface area contributed by atoms with Crippen LogP contribution in [0.25, 0.3) is 6.08 Å². The van der Waals surface area contributed by atoms with Gasteiger partial charge in [-0.1, -0.05) is 48.0 Å². The van der Waals surface area contributed by atoms with Crippen molar-refractivity contribution in [2.24, 2.45) is 0 Å². The van der Waals surface area contributed by atoms with Crippen molar-refractivity contribution in [3.8, 4) is 11.5 Å². The molecule has 1 aromatic heterocycles. The minimum absolute atomic E-state index is 0.0447. The Kier molecular flexibility index (Phi) is 12.3. The number of hydrogen-bond acceptors (Lipinski definition) is 7. The van der Waals surface area contributed by atoms with Gasteiger partial charge in [0.15, 0.2) is 0 Å². The van der Waals surface area contributed by atoms with E-state index in [2.05, 4.69) is 11.6 Å². The van der Waals surface area contributed by atoms with Gasteiger partial charge in [0, 0.05) is 54.0 Å². The fraction of sp³-hybridized carbons (Fsp3) is 0.364. The molecule has 3 aromatic rings. The molecule has 4 rings (SSSR count). The van der Waals surface area contributed by atoms with Crippen LogP contribution in [0.2, 0.25) is 5.02 Å². The number of ether oxygens (including phenoxy) is 2. The van der Waals surface area contributed by atoms with Crippen LogP contribution in [0.3, 0.4) is 0 Å². The van der Waals surface area contributed by atoms with E-state index in [9.17, 15) is 20.1 Å². The van der Waals surface area contributed by atoms with Gasteiger partial charge in [0.2, 0.25) is 0 Å². The number of aliphatic hydroxyl groups is 3. The first-order valence-electron chi connectivity index (χ1n) is 14.5. The summed E-state index contributed by atoms with van der Waals surface area (Å²) in [5.41, 5.74) is 4.74. The molecule has 2 atom stereocenters. The molecule has 0 bridgehead atoms. The second-order valence-corrected chi connectivity index (χ2v) is 11.4. The minimum atomic E-state index is -0.665. The first kappa shape index (κ1) is 33.6. The Morgan fingerprint density at radius 1 is 1.14 bits per heavy atom. The fourth-order valence-electron chi connectivity index (χ4n) is 5.36. The molecule has 1 unspecified atom stereocenters. The molecular weight excluding hydrogens is 605 g/mol. The van der Waals surface area contributed by atoms with Gasteiger partial charge in [0.1, 0.15) is 17.5 Å². The average molecular weight is 645 g/mol. The molecule has 11 heteroatoms. The van der Waals surface area contributed by atoms with E-state index in [0.29, 0.717) is 60.6 Å². The molecule has 0 spiro atoms.